The lowest BCUT2D eigenvalue weighted by Crippen LogP contribution is -2.70. The molecule has 338 valence electrons. The summed E-state index contributed by atoms with van der Waals surface area (Å²) in [4.78, 5) is 34.2. The van der Waals surface area contributed by atoms with Crippen molar-refractivity contribution in [2.45, 2.75) is 75.8 Å². The van der Waals surface area contributed by atoms with Crippen LogP contribution < -0.4 is 9.47 Å². The number of aldehydes is 1. The molecule has 2 N–H and O–H groups in total. The molecule has 5 aromatic rings. The lowest BCUT2D eigenvalue weighted by molar-refractivity contribution is -0.256. The number of ether oxygens (including phenoxy) is 4. The molecule has 1 fully saturated rings. The third-order valence-electron chi connectivity index (χ3n) is 13.1. The smallest absolute Gasteiger partial charge is 0.410 e. The standard InChI is InChI=1S/C54H58N2O9/c1-3-29-62-54-50(56(53(60)61-2)34-41-21-14-20-39-18-7-8-23-44(39)41)33-48(55-63-36-37-15-5-4-6-16-37)46-31-40(19-9-11-27-57)45(24-10-12-28-58)51(52(46)54)47-32-43(25-26-49(47)65-54)64-42-22-13-17-38(30-42)35-59/h3-8,13-18,20-23,25-26,30-32,35,40,45,50-52,57-58H,1,9-12,19,24,27-29,33-34,36H2,2H3. The van der Waals surface area contributed by atoms with Crippen molar-refractivity contribution in [1.29, 1.82) is 0 Å². The Morgan fingerprint density at radius 2 is 1.65 bits per heavy atom. The van der Waals surface area contributed by atoms with Crippen LogP contribution in [-0.2, 0) is 27.5 Å². The minimum Gasteiger partial charge on any atom is -0.459 e. The number of methoxy groups -OCH3 is 1. The van der Waals surface area contributed by atoms with Gasteiger partial charge in [0.05, 0.1) is 31.9 Å². The quantitative estimate of drug-likeness (QED) is 0.0339. The first-order chi connectivity index (χ1) is 31.9. The summed E-state index contributed by atoms with van der Waals surface area (Å²) in [6.45, 7) is 4.75. The Morgan fingerprint density at radius 1 is 0.892 bits per heavy atom. The van der Waals surface area contributed by atoms with E-state index in [9.17, 15) is 19.8 Å². The minimum atomic E-state index is -1.49. The summed E-state index contributed by atoms with van der Waals surface area (Å²) in [7, 11) is 1.39. The highest BCUT2D eigenvalue weighted by Crippen LogP contribution is 2.62. The van der Waals surface area contributed by atoms with E-state index >= 15 is 0 Å². The van der Waals surface area contributed by atoms with Gasteiger partial charge < -0.3 is 34.0 Å². The number of rotatable bonds is 20. The molecule has 0 aromatic heterocycles. The maximum absolute atomic E-state index is 14.5. The van der Waals surface area contributed by atoms with Gasteiger partial charge in [0.15, 0.2) is 0 Å². The zero-order valence-corrected chi connectivity index (χ0v) is 36.9. The summed E-state index contributed by atoms with van der Waals surface area (Å²) in [5.41, 5.74) is 4.89. The number of amides is 1. The molecule has 2 aliphatic carbocycles. The number of oxime groups is 1. The Kier molecular flexibility index (Phi) is 14.7. The largest absolute Gasteiger partial charge is 0.459 e. The number of fused-ring (bicyclic) bond motifs is 3. The molecule has 0 saturated heterocycles. The van der Waals surface area contributed by atoms with Crippen LogP contribution in [0.3, 0.4) is 0 Å². The van der Waals surface area contributed by atoms with Crippen molar-refractivity contribution < 1.29 is 43.6 Å². The Morgan fingerprint density at radius 3 is 2.43 bits per heavy atom. The number of benzene rings is 5. The molecular formula is C54H58N2O9. The molecule has 0 bridgehead atoms. The summed E-state index contributed by atoms with van der Waals surface area (Å²) in [6, 6.07) is 36.1. The van der Waals surface area contributed by atoms with E-state index in [-0.39, 0.29) is 57.1 Å². The number of aliphatic hydroxyl groups is 2. The van der Waals surface area contributed by atoms with Crippen LogP contribution in [0.4, 0.5) is 4.79 Å². The number of unbranched alkanes of at least 4 members (excludes halogenated alkanes) is 2. The van der Waals surface area contributed by atoms with Crippen molar-refractivity contribution in [2.75, 3.05) is 26.9 Å². The maximum atomic E-state index is 14.5. The van der Waals surface area contributed by atoms with Crippen LogP contribution in [0.2, 0.25) is 0 Å². The molecule has 1 amide bonds. The van der Waals surface area contributed by atoms with Crippen molar-refractivity contribution in [3.8, 4) is 17.2 Å². The fourth-order valence-corrected chi connectivity index (χ4v) is 10.3. The third kappa shape index (κ3) is 9.73. The lowest BCUT2D eigenvalue weighted by Gasteiger charge is -2.59. The number of nitrogens with zero attached hydrogens (tertiary/aromatic N) is 2. The first kappa shape index (κ1) is 45.3. The maximum Gasteiger partial charge on any atom is 0.410 e. The van der Waals surface area contributed by atoms with E-state index in [1.54, 1.807) is 29.2 Å². The summed E-state index contributed by atoms with van der Waals surface area (Å²) >= 11 is 0. The Balaban J connectivity index is 1.34. The van der Waals surface area contributed by atoms with Crippen LogP contribution in [0.15, 0.2) is 145 Å². The average Bonchev–Trinajstić information content (AvgIpc) is 3.34. The van der Waals surface area contributed by atoms with Crippen LogP contribution in [0.25, 0.3) is 10.8 Å². The monoisotopic (exact) mass is 878 g/mol. The van der Waals surface area contributed by atoms with Crippen LogP contribution >= 0.6 is 0 Å². The molecule has 5 aromatic carbocycles. The van der Waals surface area contributed by atoms with Crippen LogP contribution in [-0.4, -0.2) is 72.0 Å². The van der Waals surface area contributed by atoms with Gasteiger partial charge in [-0.05, 0) is 95.3 Å². The van der Waals surface area contributed by atoms with Gasteiger partial charge in [0.1, 0.15) is 36.2 Å². The molecule has 65 heavy (non-hydrogen) atoms. The zero-order valence-electron chi connectivity index (χ0n) is 36.9. The Hall–Kier alpha value is -6.27. The summed E-state index contributed by atoms with van der Waals surface area (Å²) in [5.74, 6) is -0.571. The molecule has 1 heterocycles. The van der Waals surface area contributed by atoms with Gasteiger partial charge in [-0.1, -0.05) is 115 Å². The highest BCUT2D eigenvalue weighted by atomic mass is 16.7. The first-order valence-corrected chi connectivity index (χ1v) is 22.7. The van der Waals surface area contributed by atoms with Gasteiger partial charge in [-0.2, -0.15) is 0 Å². The second-order valence-corrected chi connectivity index (χ2v) is 17.1. The molecule has 1 aliphatic heterocycles. The van der Waals surface area contributed by atoms with E-state index in [1.807, 2.05) is 78.9 Å². The summed E-state index contributed by atoms with van der Waals surface area (Å²) in [5, 5.41) is 27.0. The fraction of sp³-hybridized carbons (Fsp3) is 0.352. The molecule has 0 spiro atoms. The van der Waals surface area contributed by atoms with Crippen molar-refractivity contribution in [2.24, 2.45) is 22.9 Å². The van der Waals surface area contributed by atoms with Gasteiger partial charge in [-0.25, -0.2) is 4.79 Å². The van der Waals surface area contributed by atoms with Gasteiger partial charge in [0.25, 0.3) is 0 Å². The third-order valence-corrected chi connectivity index (χ3v) is 13.1. The van der Waals surface area contributed by atoms with Crippen molar-refractivity contribution in [3.05, 3.63) is 162 Å². The molecule has 11 nitrogen and oxygen atoms in total. The van der Waals surface area contributed by atoms with Crippen molar-refractivity contribution >= 4 is 28.9 Å². The molecule has 8 rings (SSSR count). The first-order valence-electron chi connectivity index (χ1n) is 22.7. The van der Waals surface area contributed by atoms with Gasteiger partial charge in [-0.3, -0.25) is 9.69 Å². The Bertz CT molecular complexity index is 2500. The van der Waals surface area contributed by atoms with E-state index in [0.29, 0.717) is 41.4 Å². The number of hydrogen-bond acceptors (Lipinski definition) is 10. The zero-order chi connectivity index (χ0) is 45.2. The molecule has 0 radical (unpaired) electrons. The highest BCUT2D eigenvalue weighted by Gasteiger charge is 2.65. The SMILES string of the molecule is C=CCOC12Oc3ccc(Oc4cccc(C=O)c4)cc3C3C(CCCCO)C(CCCCO)C=C(C(=NOCc4ccccc4)CC1N(Cc1cccc4ccccc14)C(=O)OC)C32. The van der Waals surface area contributed by atoms with Crippen molar-refractivity contribution in [1.82, 2.24) is 4.90 Å². The molecular weight excluding hydrogens is 821 g/mol. The fourth-order valence-electron chi connectivity index (χ4n) is 10.3. The van der Waals surface area contributed by atoms with Gasteiger partial charge in [0.2, 0.25) is 5.79 Å². The van der Waals surface area contributed by atoms with Crippen LogP contribution in [0.5, 0.6) is 17.2 Å². The van der Waals surface area contributed by atoms with Crippen LogP contribution in [0.1, 0.15) is 77.9 Å². The van der Waals surface area contributed by atoms with Gasteiger partial charge in [-0.15, -0.1) is 6.58 Å². The van der Waals surface area contributed by atoms with E-state index in [0.717, 1.165) is 65.0 Å². The predicted molar refractivity (Wildman–Crippen MR) is 250 cm³/mol. The normalized spacial score (nSPS) is 22.5. The molecule has 11 heteroatoms. The lowest BCUT2D eigenvalue weighted by atomic mass is 9.55. The molecule has 1 saturated carbocycles. The second kappa shape index (κ2) is 21.1. The molecule has 6 unspecified atom stereocenters. The van der Waals surface area contributed by atoms with E-state index in [1.165, 1.54) is 7.11 Å². The molecule has 3 aliphatic rings. The summed E-state index contributed by atoms with van der Waals surface area (Å²) in [6.07, 6.45) is 8.92. The number of aliphatic hydroxyl groups excluding tert-OH is 2. The minimum absolute atomic E-state index is 0.00636. The van der Waals surface area contributed by atoms with Crippen LogP contribution in [0, 0.1) is 17.8 Å². The Labute approximate surface area is 380 Å². The number of carbonyl (C=O) groups is 2. The number of hydrogen-bond donors (Lipinski definition) is 2. The van der Waals surface area contributed by atoms with E-state index in [4.69, 9.17) is 28.9 Å². The van der Waals surface area contributed by atoms with Crippen molar-refractivity contribution in [3.63, 3.8) is 0 Å². The van der Waals surface area contributed by atoms with Gasteiger partial charge in [0, 0.05) is 36.7 Å². The predicted octanol–water partition coefficient (Wildman–Crippen LogP) is 10.5. The number of allylic oxidation sites excluding steroid dienone is 1. The molecule has 6 atom stereocenters. The van der Waals surface area contributed by atoms with E-state index < -0.39 is 23.8 Å². The number of carbonyl (C=O) groups excluding carboxylic acids is 2. The topological polar surface area (TPSA) is 136 Å². The summed E-state index contributed by atoms with van der Waals surface area (Å²) < 4.78 is 26.7. The highest BCUT2D eigenvalue weighted by molar-refractivity contribution is 6.03. The average molecular weight is 879 g/mol. The van der Waals surface area contributed by atoms with E-state index in [2.05, 4.69) is 30.9 Å². The second-order valence-electron chi connectivity index (χ2n) is 17.1. The van der Waals surface area contributed by atoms with Gasteiger partial charge >= 0.3 is 6.09 Å².